The molecule has 1 heterocycles. The van der Waals surface area contributed by atoms with Crippen LogP contribution in [-0.4, -0.2) is 27.8 Å². The summed E-state index contributed by atoms with van der Waals surface area (Å²) in [5, 5.41) is 2.61. The number of aliphatic imine (C=N–C) groups is 1. The van der Waals surface area contributed by atoms with E-state index in [-0.39, 0.29) is 16.2 Å². The van der Waals surface area contributed by atoms with Crippen LogP contribution in [0.5, 0.6) is 0 Å². The van der Waals surface area contributed by atoms with E-state index in [0.717, 1.165) is 16.7 Å². The van der Waals surface area contributed by atoms with Gasteiger partial charge in [-0.2, -0.15) is 0 Å². The Kier molecular flexibility index (Phi) is 5.13. The molecule has 1 aromatic rings. The zero-order valence-electron chi connectivity index (χ0n) is 10.2. The molecule has 1 aliphatic rings. The molecule has 3 nitrogen and oxygen atoms in total. The van der Waals surface area contributed by atoms with Crippen molar-refractivity contribution in [3.05, 3.63) is 29.0 Å². The Morgan fingerprint density at radius 3 is 3.05 bits per heavy atom. The van der Waals surface area contributed by atoms with Crippen molar-refractivity contribution in [1.82, 2.24) is 0 Å². The highest BCUT2D eigenvalue weighted by Gasteiger charge is 2.19. The van der Waals surface area contributed by atoms with Crippen molar-refractivity contribution in [3.8, 4) is 0 Å². The Morgan fingerprint density at radius 1 is 1.63 bits per heavy atom. The molecular weight excluding hydrogens is 307 g/mol. The molecule has 0 bridgehead atoms. The highest BCUT2D eigenvalue weighted by Crippen LogP contribution is 2.27. The number of benzene rings is 1. The minimum absolute atomic E-state index is 0.172. The Bertz CT molecular complexity index is 524. The SMILES string of the molecule is C[C@H](SC1=NCCS1)C(=O)Nc1ccc(F)cc1Cl. The van der Waals surface area contributed by atoms with Crippen molar-refractivity contribution in [2.24, 2.45) is 4.99 Å². The molecule has 1 atom stereocenters. The molecule has 0 saturated heterocycles. The van der Waals surface area contributed by atoms with Crippen molar-refractivity contribution < 1.29 is 9.18 Å². The smallest absolute Gasteiger partial charge is 0.237 e. The van der Waals surface area contributed by atoms with Crippen LogP contribution >= 0.6 is 35.1 Å². The maximum atomic E-state index is 12.9. The molecule has 19 heavy (non-hydrogen) atoms. The summed E-state index contributed by atoms with van der Waals surface area (Å²) in [5.41, 5.74) is 0.418. The molecule has 0 fully saturated rings. The van der Waals surface area contributed by atoms with Gasteiger partial charge in [-0.1, -0.05) is 35.1 Å². The number of rotatable bonds is 3. The average molecular weight is 319 g/mol. The topological polar surface area (TPSA) is 41.5 Å². The summed E-state index contributed by atoms with van der Waals surface area (Å²) in [6.07, 6.45) is 0. The summed E-state index contributed by atoms with van der Waals surface area (Å²) in [4.78, 5) is 16.3. The van der Waals surface area contributed by atoms with Crippen molar-refractivity contribution in [3.63, 3.8) is 0 Å². The van der Waals surface area contributed by atoms with Gasteiger partial charge in [0.05, 0.1) is 22.5 Å². The Labute approximate surface area is 124 Å². The van der Waals surface area contributed by atoms with Crippen molar-refractivity contribution >= 4 is 51.1 Å². The predicted molar refractivity (Wildman–Crippen MR) is 81.9 cm³/mol. The van der Waals surface area contributed by atoms with E-state index < -0.39 is 5.82 Å². The first-order valence-electron chi connectivity index (χ1n) is 5.66. The second kappa shape index (κ2) is 6.63. The fraction of sp³-hybridized carbons (Fsp3) is 0.333. The van der Waals surface area contributed by atoms with Gasteiger partial charge in [-0.05, 0) is 25.1 Å². The Morgan fingerprint density at radius 2 is 2.42 bits per heavy atom. The van der Waals surface area contributed by atoms with Crippen LogP contribution in [0.2, 0.25) is 5.02 Å². The molecule has 0 saturated carbocycles. The van der Waals surface area contributed by atoms with Gasteiger partial charge in [-0.25, -0.2) is 4.39 Å². The number of anilines is 1. The number of halogens is 2. The first kappa shape index (κ1) is 14.7. The second-order valence-corrected chi connectivity index (χ2v) is 6.95. The second-order valence-electron chi connectivity index (χ2n) is 3.87. The third kappa shape index (κ3) is 4.12. The van der Waals surface area contributed by atoms with E-state index in [1.54, 1.807) is 18.7 Å². The number of hydrogen-bond acceptors (Lipinski definition) is 4. The fourth-order valence-corrected chi connectivity index (χ4v) is 3.76. The van der Waals surface area contributed by atoms with E-state index in [4.69, 9.17) is 11.6 Å². The molecule has 0 aliphatic carbocycles. The predicted octanol–water partition coefficient (Wildman–Crippen LogP) is 3.64. The van der Waals surface area contributed by atoms with Crippen LogP contribution in [0.1, 0.15) is 6.92 Å². The van der Waals surface area contributed by atoms with E-state index in [1.807, 2.05) is 0 Å². The van der Waals surface area contributed by atoms with E-state index in [1.165, 1.54) is 30.0 Å². The van der Waals surface area contributed by atoms with E-state index in [0.29, 0.717) is 5.69 Å². The molecule has 0 aromatic heterocycles. The van der Waals surface area contributed by atoms with Gasteiger partial charge in [-0.3, -0.25) is 9.79 Å². The summed E-state index contributed by atoms with van der Waals surface area (Å²) >= 11 is 8.94. The zero-order valence-corrected chi connectivity index (χ0v) is 12.5. The largest absolute Gasteiger partial charge is 0.324 e. The highest BCUT2D eigenvalue weighted by atomic mass is 35.5. The molecule has 1 amide bonds. The van der Waals surface area contributed by atoms with Crippen LogP contribution in [0.4, 0.5) is 10.1 Å². The van der Waals surface area contributed by atoms with E-state index >= 15 is 0 Å². The van der Waals surface area contributed by atoms with Crippen LogP contribution in [0.15, 0.2) is 23.2 Å². The summed E-state index contributed by atoms with van der Waals surface area (Å²) in [7, 11) is 0. The summed E-state index contributed by atoms with van der Waals surface area (Å²) in [6.45, 7) is 2.62. The van der Waals surface area contributed by atoms with Crippen molar-refractivity contribution in [2.75, 3.05) is 17.6 Å². The minimum Gasteiger partial charge on any atom is -0.324 e. The molecule has 2 rings (SSSR count). The number of carbonyl (C=O) groups excluding carboxylic acids is 1. The van der Waals surface area contributed by atoms with Gasteiger partial charge in [0, 0.05) is 5.75 Å². The molecule has 1 N–H and O–H groups in total. The number of amides is 1. The van der Waals surface area contributed by atoms with Crippen molar-refractivity contribution in [2.45, 2.75) is 12.2 Å². The quantitative estimate of drug-likeness (QED) is 0.925. The first-order valence-corrected chi connectivity index (χ1v) is 7.90. The van der Waals surface area contributed by atoms with Crippen LogP contribution in [0.3, 0.4) is 0 Å². The Balaban J connectivity index is 1.96. The lowest BCUT2D eigenvalue weighted by Gasteiger charge is -2.12. The zero-order chi connectivity index (χ0) is 13.8. The first-order chi connectivity index (χ1) is 9.06. The lowest BCUT2D eigenvalue weighted by Crippen LogP contribution is -2.23. The molecule has 102 valence electrons. The maximum Gasteiger partial charge on any atom is 0.237 e. The van der Waals surface area contributed by atoms with Gasteiger partial charge >= 0.3 is 0 Å². The summed E-state index contributed by atoms with van der Waals surface area (Å²) < 4.78 is 13.8. The number of nitrogens with one attached hydrogen (secondary N) is 1. The molecule has 0 unspecified atom stereocenters. The molecule has 7 heteroatoms. The number of thioether (sulfide) groups is 2. The molecular formula is C12H12ClFN2OS2. The molecule has 1 aromatic carbocycles. The summed E-state index contributed by atoms with van der Waals surface area (Å²) in [5.74, 6) is 0.372. The standard InChI is InChI=1S/C12H12ClFN2OS2/c1-7(19-12-15-4-5-18-12)11(17)16-10-3-2-8(14)6-9(10)13/h2-3,6-7H,4-5H2,1H3,(H,16,17)/t7-/m0/s1. The molecule has 1 aliphatic heterocycles. The normalized spacial score (nSPS) is 16.1. The van der Waals surface area contributed by atoms with Crippen LogP contribution < -0.4 is 5.32 Å². The van der Waals surface area contributed by atoms with Gasteiger partial charge in [-0.15, -0.1) is 0 Å². The van der Waals surface area contributed by atoms with Gasteiger partial charge < -0.3 is 5.32 Å². The van der Waals surface area contributed by atoms with Crippen LogP contribution in [0, 0.1) is 5.82 Å². The van der Waals surface area contributed by atoms with E-state index in [2.05, 4.69) is 10.3 Å². The van der Waals surface area contributed by atoms with Crippen molar-refractivity contribution in [1.29, 1.82) is 0 Å². The number of carbonyl (C=O) groups is 1. The fourth-order valence-electron chi connectivity index (χ4n) is 1.42. The van der Waals surface area contributed by atoms with Gasteiger partial charge in [0.25, 0.3) is 0 Å². The van der Waals surface area contributed by atoms with Gasteiger partial charge in [0.15, 0.2) is 0 Å². The van der Waals surface area contributed by atoms with Crippen LogP contribution in [0.25, 0.3) is 0 Å². The Hall–Kier alpha value is -0.720. The third-order valence-electron chi connectivity index (χ3n) is 2.39. The maximum absolute atomic E-state index is 12.9. The molecule has 0 radical (unpaired) electrons. The van der Waals surface area contributed by atoms with Gasteiger partial charge in [0.1, 0.15) is 10.2 Å². The lowest BCUT2D eigenvalue weighted by atomic mass is 10.3. The monoisotopic (exact) mass is 318 g/mol. The summed E-state index contributed by atoms with van der Waals surface area (Å²) in [6, 6.07) is 3.89. The van der Waals surface area contributed by atoms with E-state index in [9.17, 15) is 9.18 Å². The minimum atomic E-state index is -0.429. The molecule has 0 spiro atoms. The average Bonchev–Trinajstić information content (AvgIpc) is 2.85. The lowest BCUT2D eigenvalue weighted by molar-refractivity contribution is -0.115. The number of hydrogen-bond donors (Lipinski definition) is 1. The van der Waals surface area contributed by atoms with Gasteiger partial charge in [0.2, 0.25) is 5.91 Å². The van der Waals surface area contributed by atoms with Crippen LogP contribution in [-0.2, 0) is 4.79 Å². The number of nitrogens with zero attached hydrogens (tertiary/aromatic N) is 1. The highest BCUT2D eigenvalue weighted by molar-refractivity contribution is 8.39. The third-order valence-corrected chi connectivity index (χ3v) is 5.01.